The van der Waals surface area contributed by atoms with Crippen molar-refractivity contribution in [2.24, 2.45) is 11.8 Å². The van der Waals surface area contributed by atoms with E-state index >= 15 is 0 Å². The molecule has 2 atom stereocenters. The molecule has 0 aliphatic carbocycles. The molecule has 3 amide bonds. The van der Waals surface area contributed by atoms with E-state index in [0.717, 1.165) is 10.9 Å². The third-order valence-corrected chi connectivity index (χ3v) is 6.91. The number of nitrogens with one attached hydrogen (secondary N) is 4. The number of carbonyl (C=O) groups is 3. The first kappa shape index (κ1) is 25.8. The molecule has 3 rings (SSSR count). The van der Waals surface area contributed by atoms with E-state index < -0.39 is 11.9 Å². The Hall–Kier alpha value is -2.79. The van der Waals surface area contributed by atoms with Crippen LogP contribution < -0.4 is 20.8 Å². The number of aromatic nitrogens is 1. The van der Waals surface area contributed by atoms with E-state index in [1.165, 1.54) is 16.8 Å². The average Bonchev–Trinajstić information content (AvgIpc) is 3.43. The van der Waals surface area contributed by atoms with Gasteiger partial charge in [-0.25, -0.2) is 0 Å². The average molecular weight is 506 g/mol. The third kappa shape index (κ3) is 6.20. The predicted octanol–water partition coefficient (Wildman–Crippen LogP) is 2.44. The molecule has 0 saturated carbocycles. The fourth-order valence-electron chi connectivity index (χ4n) is 3.89. The van der Waals surface area contributed by atoms with Crippen molar-refractivity contribution in [3.63, 3.8) is 0 Å². The topological polar surface area (TPSA) is 116 Å². The van der Waals surface area contributed by atoms with Gasteiger partial charge in [-0.2, -0.15) is 0 Å². The van der Waals surface area contributed by atoms with Crippen LogP contribution in [0.25, 0.3) is 10.9 Å². The van der Waals surface area contributed by atoms with Crippen LogP contribution in [0.5, 0.6) is 5.75 Å². The van der Waals surface area contributed by atoms with Crippen LogP contribution in [0.3, 0.4) is 0 Å². The molecule has 0 spiro atoms. The SMILES string of the molecule is COc1cccc2[nH]c(C(=O)N[C@@H](CC(C)C)C(=O)NN(C[C@@H]3CCNC3=O)C(=S)SC)cc12. The summed E-state index contributed by atoms with van der Waals surface area (Å²) in [6, 6.07) is 6.43. The highest BCUT2D eigenvalue weighted by atomic mass is 32.2. The zero-order valence-corrected chi connectivity index (χ0v) is 21.4. The Labute approximate surface area is 208 Å². The molecule has 1 aliphatic heterocycles. The monoisotopic (exact) mass is 505 g/mol. The fourth-order valence-corrected chi connectivity index (χ4v) is 4.35. The van der Waals surface area contributed by atoms with Gasteiger partial charge in [0.1, 0.15) is 17.5 Å². The van der Waals surface area contributed by atoms with Gasteiger partial charge in [0.05, 0.1) is 19.6 Å². The van der Waals surface area contributed by atoms with Crippen LogP contribution in [0.1, 0.15) is 37.2 Å². The first-order valence-corrected chi connectivity index (χ1v) is 12.8. The predicted molar refractivity (Wildman–Crippen MR) is 138 cm³/mol. The van der Waals surface area contributed by atoms with E-state index in [2.05, 4.69) is 21.0 Å². The largest absolute Gasteiger partial charge is 0.496 e. The maximum atomic E-state index is 13.2. The lowest BCUT2D eigenvalue weighted by Crippen LogP contribution is -2.55. The lowest BCUT2D eigenvalue weighted by Gasteiger charge is -2.29. The van der Waals surface area contributed by atoms with Crippen LogP contribution in [0.2, 0.25) is 0 Å². The van der Waals surface area contributed by atoms with Crippen molar-refractivity contribution >= 4 is 56.9 Å². The molecular weight excluding hydrogens is 474 g/mol. The Morgan fingerprint density at radius 2 is 2.12 bits per heavy atom. The van der Waals surface area contributed by atoms with E-state index in [1.807, 2.05) is 38.3 Å². The molecule has 1 aromatic heterocycles. The van der Waals surface area contributed by atoms with Gasteiger partial charge < -0.3 is 20.4 Å². The summed E-state index contributed by atoms with van der Waals surface area (Å²) in [6.07, 6.45) is 2.93. The van der Waals surface area contributed by atoms with Crippen molar-refractivity contribution in [1.29, 1.82) is 0 Å². The Morgan fingerprint density at radius 1 is 1.35 bits per heavy atom. The summed E-state index contributed by atoms with van der Waals surface area (Å²) in [5.41, 5.74) is 3.93. The van der Waals surface area contributed by atoms with Gasteiger partial charge in [0.15, 0.2) is 4.32 Å². The highest BCUT2D eigenvalue weighted by Gasteiger charge is 2.30. The van der Waals surface area contributed by atoms with Crippen molar-refractivity contribution < 1.29 is 19.1 Å². The number of methoxy groups -OCH3 is 1. The number of aromatic amines is 1. The van der Waals surface area contributed by atoms with Gasteiger partial charge in [0, 0.05) is 17.4 Å². The van der Waals surface area contributed by atoms with Crippen LogP contribution in [0, 0.1) is 11.8 Å². The minimum atomic E-state index is -0.787. The first-order valence-electron chi connectivity index (χ1n) is 11.1. The zero-order chi connectivity index (χ0) is 24.8. The highest BCUT2D eigenvalue weighted by Crippen LogP contribution is 2.26. The third-order valence-electron chi connectivity index (χ3n) is 5.62. The number of fused-ring (bicyclic) bond motifs is 1. The molecule has 11 heteroatoms. The molecule has 2 heterocycles. The molecule has 1 fully saturated rings. The molecule has 0 unspecified atom stereocenters. The first-order chi connectivity index (χ1) is 16.2. The van der Waals surface area contributed by atoms with Gasteiger partial charge in [-0.1, -0.05) is 43.9 Å². The number of hydrogen-bond acceptors (Lipinski definition) is 6. The van der Waals surface area contributed by atoms with E-state index in [1.54, 1.807) is 13.2 Å². The molecule has 1 saturated heterocycles. The number of thiocarbonyl (C=S) groups is 1. The van der Waals surface area contributed by atoms with Gasteiger partial charge in [-0.15, -0.1) is 0 Å². The lowest BCUT2D eigenvalue weighted by molar-refractivity contribution is -0.128. The normalized spacial score (nSPS) is 16.3. The van der Waals surface area contributed by atoms with Crippen molar-refractivity contribution in [3.8, 4) is 5.75 Å². The molecule has 184 valence electrons. The van der Waals surface area contributed by atoms with E-state index in [0.29, 0.717) is 35.2 Å². The van der Waals surface area contributed by atoms with Gasteiger partial charge >= 0.3 is 0 Å². The number of nitrogens with zero attached hydrogens (tertiary/aromatic N) is 1. The number of H-pyrrole nitrogens is 1. The Balaban J connectivity index is 1.75. The van der Waals surface area contributed by atoms with Gasteiger partial charge in [-0.05, 0) is 43.2 Å². The smallest absolute Gasteiger partial charge is 0.268 e. The van der Waals surface area contributed by atoms with Crippen molar-refractivity contribution in [1.82, 2.24) is 26.1 Å². The molecule has 1 aromatic carbocycles. The maximum absolute atomic E-state index is 13.2. The quantitative estimate of drug-likeness (QED) is 0.322. The van der Waals surface area contributed by atoms with Gasteiger partial charge in [0.2, 0.25) is 5.91 Å². The molecule has 1 aliphatic rings. The molecule has 2 aromatic rings. The van der Waals surface area contributed by atoms with Crippen molar-refractivity contribution in [2.45, 2.75) is 32.7 Å². The summed E-state index contributed by atoms with van der Waals surface area (Å²) >= 11 is 6.71. The van der Waals surface area contributed by atoms with E-state index in [4.69, 9.17) is 17.0 Å². The van der Waals surface area contributed by atoms with Crippen LogP contribution >= 0.6 is 24.0 Å². The highest BCUT2D eigenvalue weighted by molar-refractivity contribution is 8.22. The summed E-state index contributed by atoms with van der Waals surface area (Å²) in [6.45, 7) is 4.85. The maximum Gasteiger partial charge on any atom is 0.268 e. The number of ether oxygens (including phenoxy) is 1. The summed E-state index contributed by atoms with van der Waals surface area (Å²) < 4.78 is 5.82. The number of rotatable bonds is 8. The Bertz CT molecular complexity index is 1070. The van der Waals surface area contributed by atoms with Crippen LogP contribution in [0.4, 0.5) is 0 Å². The van der Waals surface area contributed by atoms with Crippen LogP contribution in [0.15, 0.2) is 24.3 Å². The second-order valence-corrected chi connectivity index (χ2v) is 10.0. The standard InChI is InChI=1S/C23H31N5O4S2/c1-13(2)10-17(22(31)27-28(23(33)34-4)12-14-8-9-24-20(14)29)26-21(30)18-11-15-16(25-18)6-5-7-19(15)32-3/h5-7,11,13-14,17,25H,8-10,12H2,1-4H3,(H,24,29)(H,26,30)(H,27,31)/t14-,17-/m0/s1. The second-order valence-electron chi connectivity index (χ2n) is 8.59. The Kier molecular flexibility index (Phi) is 8.78. The molecule has 4 N–H and O–H groups in total. The number of hydrogen-bond donors (Lipinski definition) is 4. The lowest BCUT2D eigenvalue weighted by atomic mass is 10.0. The zero-order valence-electron chi connectivity index (χ0n) is 19.8. The van der Waals surface area contributed by atoms with E-state index in [9.17, 15) is 14.4 Å². The second kappa shape index (κ2) is 11.6. The summed E-state index contributed by atoms with van der Waals surface area (Å²) in [7, 11) is 1.57. The van der Waals surface area contributed by atoms with Crippen LogP contribution in [-0.2, 0) is 9.59 Å². The number of amides is 3. The molecular formula is C23H31N5O4S2. The minimum absolute atomic E-state index is 0.0515. The fraction of sp³-hybridized carbons (Fsp3) is 0.478. The molecule has 9 nitrogen and oxygen atoms in total. The summed E-state index contributed by atoms with van der Waals surface area (Å²) in [5, 5.41) is 7.96. The van der Waals surface area contributed by atoms with E-state index in [-0.39, 0.29) is 30.2 Å². The van der Waals surface area contributed by atoms with Gasteiger partial charge in [0.25, 0.3) is 11.8 Å². The number of carbonyl (C=O) groups excluding carboxylic acids is 3. The van der Waals surface area contributed by atoms with Gasteiger partial charge in [-0.3, -0.25) is 24.8 Å². The van der Waals surface area contributed by atoms with Crippen LogP contribution in [-0.4, -0.2) is 64.5 Å². The Morgan fingerprint density at radius 3 is 2.74 bits per heavy atom. The minimum Gasteiger partial charge on any atom is -0.496 e. The number of benzene rings is 1. The number of thioether (sulfide) groups is 1. The summed E-state index contributed by atoms with van der Waals surface area (Å²) in [4.78, 5) is 41.4. The molecule has 0 radical (unpaired) electrons. The number of hydrazine groups is 1. The molecule has 34 heavy (non-hydrogen) atoms. The molecule has 0 bridgehead atoms. The van der Waals surface area contributed by atoms with Crippen molar-refractivity contribution in [3.05, 3.63) is 30.0 Å². The summed E-state index contributed by atoms with van der Waals surface area (Å²) in [5.74, 6) is -0.282. The van der Waals surface area contributed by atoms with Crippen molar-refractivity contribution in [2.75, 3.05) is 26.5 Å².